The van der Waals surface area contributed by atoms with Gasteiger partial charge in [-0.25, -0.2) is 0 Å². The fraction of sp³-hybridized carbons (Fsp3) is 1.00. The maximum absolute atomic E-state index is 9.59. The minimum absolute atomic E-state index is 0.0806. The van der Waals surface area contributed by atoms with E-state index in [1.807, 2.05) is 0 Å². The van der Waals surface area contributed by atoms with E-state index in [-0.39, 0.29) is 11.6 Å². The van der Waals surface area contributed by atoms with Crippen molar-refractivity contribution in [3.8, 4) is 0 Å². The Kier molecular flexibility index (Phi) is 2.79. The quantitative estimate of drug-likeness (QED) is 0.531. The van der Waals surface area contributed by atoms with E-state index >= 15 is 0 Å². The highest BCUT2D eigenvalue weighted by Gasteiger charge is 2.33. The number of rotatable bonds is 0. The van der Waals surface area contributed by atoms with Gasteiger partial charge in [0, 0.05) is 5.92 Å². The molecule has 1 heterocycles. The lowest BCUT2D eigenvalue weighted by atomic mass is 9.93. The van der Waals surface area contributed by atoms with Crippen LogP contribution in [0.5, 0.6) is 0 Å². The lowest BCUT2D eigenvalue weighted by molar-refractivity contribution is -0.957. The van der Waals surface area contributed by atoms with Gasteiger partial charge in [-0.3, -0.25) is 0 Å². The van der Waals surface area contributed by atoms with Crippen LogP contribution in [0, 0.1) is 5.92 Å². The maximum Gasteiger partial charge on any atom is 0.104 e. The van der Waals surface area contributed by atoms with Crippen LogP contribution in [0.15, 0.2) is 0 Å². The van der Waals surface area contributed by atoms with E-state index < -0.39 is 0 Å². The summed E-state index contributed by atoms with van der Waals surface area (Å²) in [5, 5.41) is 9.59. The van der Waals surface area contributed by atoms with E-state index in [0.717, 1.165) is 13.0 Å². The topological polar surface area (TPSA) is 24.7 Å². The number of quaternary nitrogens is 1. The zero-order valence-corrected chi connectivity index (χ0v) is 8.72. The van der Waals surface area contributed by atoms with Crippen LogP contribution in [0.1, 0.15) is 34.1 Å². The van der Waals surface area contributed by atoms with Crippen LogP contribution < -0.4 is 4.90 Å². The summed E-state index contributed by atoms with van der Waals surface area (Å²) < 4.78 is 0. The molecular weight excluding hydrogens is 150 g/mol. The molecule has 1 unspecified atom stereocenters. The third-order valence-corrected chi connectivity index (χ3v) is 2.81. The fourth-order valence-electron chi connectivity index (χ4n) is 2.03. The Balaban J connectivity index is 2.55. The molecule has 2 N–H and O–H groups in total. The predicted molar refractivity (Wildman–Crippen MR) is 50.2 cm³/mol. The first kappa shape index (κ1) is 10.0. The summed E-state index contributed by atoms with van der Waals surface area (Å²) in [4.78, 5) is 1.54. The predicted octanol–water partition coefficient (Wildman–Crippen LogP) is 0.0705. The van der Waals surface area contributed by atoms with Crippen molar-refractivity contribution in [1.29, 1.82) is 0 Å². The molecule has 1 rings (SSSR count). The van der Waals surface area contributed by atoms with Crippen molar-refractivity contribution in [2.45, 2.75) is 45.8 Å². The van der Waals surface area contributed by atoms with Gasteiger partial charge in [0.1, 0.15) is 12.6 Å². The van der Waals surface area contributed by atoms with Crippen molar-refractivity contribution in [2.75, 3.05) is 13.1 Å². The Labute approximate surface area is 75.6 Å². The molecule has 3 atom stereocenters. The third kappa shape index (κ3) is 2.46. The van der Waals surface area contributed by atoms with Crippen LogP contribution in [-0.2, 0) is 0 Å². The summed E-state index contributed by atoms with van der Waals surface area (Å²) in [5.74, 6) is 0.669. The molecule has 0 bridgehead atoms. The highest BCUT2D eigenvalue weighted by atomic mass is 16.3. The van der Waals surface area contributed by atoms with E-state index in [2.05, 4.69) is 27.7 Å². The number of hydrogen-bond acceptors (Lipinski definition) is 1. The average Bonchev–Trinajstić information content (AvgIpc) is 1.82. The summed E-state index contributed by atoms with van der Waals surface area (Å²) in [6.07, 6.45) is 0.905. The van der Waals surface area contributed by atoms with E-state index in [9.17, 15) is 5.11 Å². The number of nitrogens with one attached hydrogen (secondary N) is 1. The summed E-state index contributed by atoms with van der Waals surface area (Å²) >= 11 is 0. The highest BCUT2D eigenvalue weighted by molar-refractivity contribution is 4.68. The van der Waals surface area contributed by atoms with Gasteiger partial charge in [0.25, 0.3) is 0 Å². The summed E-state index contributed by atoms with van der Waals surface area (Å²) in [7, 11) is 0. The van der Waals surface area contributed by atoms with Gasteiger partial charge in [-0.1, -0.05) is 6.92 Å². The Morgan fingerprint density at radius 3 is 2.25 bits per heavy atom. The molecule has 0 aromatic heterocycles. The minimum atomic E-state index is -0.0806. The zero-order chi connectivity index (χ0) is 9.35. The number of aliphatic hydroxyl groups is 1. The molecule has 2 heteroatoms. The van der Waals surface area contributed by atoms with Crippen LogP contribution in [0.2, 0.25) is 0 Å². The molecule has 0 aromatic rings. The van der Waals surface area contributed by atoms with Gasteiger partial charge in [0.2, 0.25) is 0 Å². The monoisotopic (exact) mass is 172 g/mol. The molecule has 0 aliphatic carbocycles. The van der Waals surface area contributed by atoms with E-state index in [4.69, 9.17) is 0 Å². The van der Waals surface area contributed by atoms with Crippen LogP contribution in [-0.4, -0.2) is 29.8 Å². The number of aliphatic hydroxyl groups excluding tert-OH is 1. The third-order valence-electron chi connectivity index (χ3n) is 2.81. The zero-order valence-electron chi connectivity index (χ0n) is 8.72. The van der Waals surface area contributed by atoms with Crippen LogP contribution in [0.25, 0.3) is 0 Å². The standard InChI is InChI=1S/C10H21NO/c1-8-5-9(12)7-11(6-8)10(2,3)4/h8-9,12H,5-7H2,1-4H3/p+1/t8-,9-/m1/s1. The van der Waals surface area contributed by atoms with Gasteiger partial charge < -0.3 is 10.0 Å². The minimum Gasteiger partial charge on any atom is -0.387 e. The number of hydrogen-bond donors (Lipinski definition) is 2. The van der Waals surface area contributed by atoms with Gasteiger partial charge in [-0.15, -0.1) is 0 Å². The normalized spacial score (nSPS) is 38.2. The molecule has 1 saturated heterocycles. The molecular formula is C10H22NO+. The van der Waals surface area contributed by atoms with Crippen molar-refractivity contribution in [1.82, 2.24) is 0 Å². The molecule has 12 heavy (non-hydrogen) atoms. The van der Waals surface area contributed by atoms with Gasteiger partial charge in [-0.05, 0) is 27.2 Å². The van der Waals surface area contributed by atoms with Crippen molar-refractivity contribution in [2.24, 2.45) is 5.92 Å². The van der Waals surface area contributed by atoms with E-state index in [1.165, 1.54) is 11.4 Å². The summed E-state index contributed by atoms with van der Waals surface area (Å²) in [5.41, 5.74) is 0.287. The fourth-order valence-corrected chi connectivity index (χ4v) is 2.03. The van der Waals surface area contributed by atoms with Crippen molar-refractivity contribution in [3.63, 3.8) is 0 Å². The molecule has 0 saturated carbocycles. The first-order chi connectivity index (χ1) is 5.39. The summed E-state index contributed by atoms with van der Waals surface area (Å²) in [6.45, 7) is 11.1. The SMILES string of the molecule is C[C@@H]1C[C@@H](O)C[NH+](C(C)(C)C)C1. The van der Waals surface area contributed by atoms with Gasteiger partial charge in [0.15, 0.2) is 0 Å². The first-order valence-electron chi connectivity index (χ1n) is 4.93. The molecule has 2 nitrogen and oxygen atoms in total. The second-order valence-corrected chi connectivity index (χ2v) is 5.26. The Morgan fingerprint density at radius 2 is 1.83 bits per heavy atom. The van der Waals surface area contributed by atoms with Gasteiger partial charge >= 0.3 is 0 Å². The van der Waals surface area contributed by atoms with Crippen molar-refractivity contribution >= 4 is 0 Å². The lowest BCUT2D eigenvalue weighted by Gasteiger charge is -2.39. The highest BCUT2D eigenvalue weighted by Crippen LogP contribution is 2.08. The van der Waals surface area contributed by atoms with Crippen molar-refractivity contribution < 1.29 is 10.0 Å². The largest absolute Gasteiger partial charge is 0.387 e. The molecule has 1 aliphatic heterocycles. The van der Waals surface area contributed by atoms with Crippen LogP contribution >= 0.6 is 0 Å². The van der Waals surface area contributed by atoms with Crippen LogP contribution in [0.3, 0.4) is 0 Å². The summed E-state index contributed by atoms with van der Waals surface area (Å²) in [6, 6.07) is 0. The molecule has 0 spiro atoms. The Bertz CT molecular complexity index is 140. The van der Waals surface area contributed by atoms with Crippen molar-refractivity contribution in [3.05, 3.63) is 0 Å². The molecule has 1 fully saturated rings. The smallest absolute Gasteiger partial charge is 0.104 e. The molecule has 0 aromatic carbocycles. The molecule has 0 radical (unpaired) electrons. The second-order valence-electron chi connectivity index (χ2n) is 5.26. The average molecular weight is 172 g/mol. The van der Waals surface area contributed by atoms with E-state index in [1.54, 1.807) is 0 Å². The molecule has 72 valence electrons. The second kappa shape index (κ2) is 3.35. The lowest BCUT2D eigenvalue weighted by Crippen LogP contribution is -3.21. The number of piperidine rings is 1. The van der Waals surface area contributed by atoms with Gasteiger partial charge in [0.05, 0.1) is 12.1 Å². The molecule has 0 amide bonds. The van der Waals surface area contributed by atoms with Crippen LogP contribution in [0.4, 0.5) is 0 Å². The molecule has 1 aliphatic rings. The Morgan fingerprint density at radius 1 is 1.25 bits per heavy atom. The Hall–Kier alpha value is -0.0800. The van der Waals surface area contributed by atoms with Gasteiger partial charge in [-0.2, -0.15) is 0 Å². The first-order valence-corrected chi connectivity index (χ1v) is 4.93. The number of likely N-dealkylation sites (tertiary alicyclic amines) is 1. The maximum atomic E-state index is 9.59. The van der Waals surface area contributed by atoms with E-state index in [0.29, 0.717) is 5.92 Å².